The van der Waals surface area contributed by atoms with Gasteiger partial charge in [0, 0.05) is 11.8 Å². The van der Waals surface area contributed by atoms with Crippen LogP contribution in [0.5, 0.6) is 0 Å². The van der Waals surface area contributed by atoms with E-state index in [1.54, 1.807) is 24.4 Å². The van der Waals surface area contributed by atoms with E-state index < -0.39 is 0 Å². The van der Waals surface area contributed by atoms with Gasteiger partial charge in [-0.05, 0) is 24.3 Å². The lowest BCUT2D eigenvalue weighted by Crippen LogP contribution is -1.91. The Balaban J connectivity index is 2.70. The van der Waals surface area contributed by atoms with Gasteiger partial charge in [-0.1, -0.05) is 0 Å². The highest BCUT2D eigenvalue weighted by Crippen LogP contribution is 2.15. The Kier molecular flexibility index (Phi) is 0.947. The molecule has 48 valence electrons. The summed E-state index contributed by atoms with van der Waals surface area (Å²) in [6.45, 7) is 0. The Bertz CT molecular complexity index is 315. The second-order valence-electron chi connectivity index (χ2n) is 2.13. The van der Waals surface area contributed by atoms with Gasteiger partial charge in [-0.25, -0.2) is 0 Å². The minimum Gasteiger partial charge on any atom is -0.289 e. The molecule has 1 heterocycles. The number of allylic oxidation sites excluding steroid dienone is 1. The number of rotatable bonds is 0. The smallest absolute Gasteiger partial charge is 0.188 e. The van der Waals surface area contributed by atoms with E-state index >= 15 is 0 Å². The van der Waals surface area contributed by atoms with Crippen LogP contribution in [0.15, 0.2) is 24.4 Å². The van der Waals surface area contributed by atoms with Gasteiger partial charge in [0.05, 0.1) is 5.69 Å². The Labute approximate surface area is 58.2 Å². The molecule has 1 aliphatic carbocycles. The summed E-state index contributed by atoms with van der Waals surface area (Å²) in [6, 6.07) is 3.55. The van der Waals surface area contributed by atoms with Crippen LogP contribution in [0.25, 0.3) is 6.08 Å². The number of carbonyl (C=O) groups is 1. The molecule has 0 unspecified atom stereocenters. The van der Waals surface area contributed by atoms with Crippen molar-refractivity contribution in [2.24, 2.45) is 0 Å². The lowest BCUT2D eigenvalue weighted by atomic mass is 10.2. The van der Waals surface area contributed by atoms with Gasteiger partial charge in [0.25, 0.3) is 0 Å². The Morgan fingerprint density at radius 3 is 3.00 bits per heavy atom. The SMILES string of the molecule is O=C1C=Cc2ncccc21. The molecule has 2 nitrogen and oxygen atoms in total. The summed E-state index contributed by atoms with van der Waals surface area (Å²) in [5, 5.41) is 0. The van der Waals surface area contributed by atoms with E-state index in [1.165, 1.54) is 6.08 Å². The number of aromatic nitrogens is 1. The average Bonchev–Trinajstić information content (AvgIpc) is 2.34. The summed E-state index contributed by atoms with van der Waals surface area (Å²) in [5.41, 5.74) is 1.50. The predicted molar refractivity (Wildman–Crippen MR) is 37.6 cm³/mol. The zero-order chi connectivity index (χ0) is 6.97. The van der Waals surface area contributed by atoms with Crippen molar-refractivity contribution in [2.75, 3.05) is 0 Å². The number of carbonyl (C=O) groups excluding carboxylic acids is 1. The van der Waals surface area contributed by atoms with Crippen molar-refractivity contribution in [1.29, 1.82) is 0 Å². The van der Waals surface area contributed by atoms with Crippen molar-refractivity contribution in [3.8, 4) is 0 Å². The van der Waals surface area contributed by atoms with Crippen LogP contribution in [0, 0.1) is 0 Å². The molecule has 1 aromatic rings. The molecular weight excluding hydrogens is 126 g/mol. The molecule has 1 aliphatic rings. The van der Waals surface area contributed by atoms with Crippen molar-refractivity contribution in [1.82, 2.24) is 4.98 Å². The molecule has 0 aromatic carbocycles. The quantitative estimate of drug-likeness (QED) is 0.531. The average molecular weight is 131 g/mol. The largest absolute Gasteiger partial charge is 0.289 e. The standard InChI is InChI=1S/C8H5NO/c10-8-4-3-7-6(8)2-1-5-9-7/h1-5H. The normalized spacial score (nSPS) is 13.8. The summed E-state index contributed by atoms with van der Waals surface area (Å²) >= 11 is 0. The first-order chi connectivity index (χ1) is 4.88. The molecule has 0 radical (unpaired) electrons. The second-order valence-corrected chi connectivity index (χ2v) is 2.13. The molecule has 2 rings (SSSR count). The molecule has 0 amide bonds. The number of nitrogens with zero attached hydrogens (tertiary/aromatic N) is 1. The van der Waals surface area contributed by atoms with Gasteiger partial charge in [0.15, 0.2) is 5.78 Å². The molecule has 0 saturated heterocycles. The predicted octanol–water partition coefficient (Wildman–Crippen LogP) is 1.29. The fourth-order valence-electron chi connectivity index (χ4n) is 1.00. The zero-order valence-electron chi connectivity index (χ0n) is 5.24. The number of pyridine rings is 1. The fourth-order valence-corrected chi connectivity index (χ4v) is 1.00. The lowest BCUT2D eigenvalue weighted by molar-refractivity contribution is 0.105. The zero-order valence-corrected chi connectivity index (χ0v) is 5.24. The van der Waals surface area contributed by atoms with Crippen molar-refractivity contribution in [3.05, 3.63) is 35.7 Å². The molecule has 1 aromatic heterocycles. The van der Waals surface area contributed by atoms with Crippen LogP contribution in [-0.2, 0) is 0 Å². The minimum atomic E-state index is 0.0584. The highest BCUT2D eigenvalue weighted by molar-refractivity contribution is 6.12. The number of hydrogen-bond donors (Lipinski definition) is 0. The third-order valence-corrected chi connectivity index (χ3v) is 1.50. The van der Waals surface area contributed by atoms with E-state index in [0.717, 1.165) is 5.69 Å². The number of hydrogen-bond acceptors (Lipinski definition) is 2. The van der Waals surface area contributed by atoms with Crippen molar-refractivity contribution in [2.45, 2.75) is 0 Å². The van der Waals surface area contributed by atoms with E-state index in [9.17, 15) is 4.79 Å². The molecule has 0 bridgehead atoms. The Morgan fingerprint density at radius 1 is 1.30 bits per heavy atom. The third-order valence-electron chi connectivity index (χ3n) is 1.50. The van der Waals surface area contributed by atoms with Gasteiger partial charge in [-0.2, -0.15) is 0 Å². The molecular formula is C8H5NO. The van der Waals surface area contributed by atoms with Crippen molar-refractivity contribution < 1.29 is 4.79 Å². The van der Waals surface area contributed by atoms with Crippen LogP contribution in [0.4, 0.5) is 0 Å². The van der Waals surface area contributed by atoms with E-state index in [2.05, 4.69) is 4.98 Å². The molecule has 10 heavy (non-hydrogen) atoms. The first kappa shape index (κ1) is 5.35. The van der Waals surface area contributed by atoms with E-state index in [0.29, 0.717) is 5.56 Å². The molecule has 0 saturated carbocycles. The van der Waals surface area contributed by atoms with Gasteiger partial charge >= 0.3 is 0 Å². The highest BCUT2D eigenvalue weighted by atomic mass is 16.1. The van der Waals surface area contributed by atoms with Crippen LogP contribution in [0.2, 0.25) is 0 Å². The van der Waals surface area contributed by atoms with Gasteiger partial charge < -0.3 is 0 Å². The third kappa shape index (κ3) is 0.589. The van der Waals surface area contributed by atoms with Crippen molar-refractivity contribution in [3.63, 3.8) is 0 Å². The fraction of sp³-hybridized carbons (Fsp3) is 0. The summed E-state index contributed by atoms with van der Waals surface area (Å²) in [5.74, 6) is 0.0584. The van der Waals surface area contributed by atoms with Crippen LogP contribution in [0.3, 0.4) is 0 Å². The minimum absolute atomic E-state index is 0.0584. The summed E-state index contributed by atoms with van der Waals surface area (Å²) in [6.07, 6.45) is 4.96. The molecule has 0 N–H and O–H groups in total. The summed E-state index contributed by atoms with van der Waals surface area (Å²) in [4.78, 5) is 14.9. The monoisotopic (exact) mass is 131 g/mol. The second kappa shape index (κ2) is 1.77. The van der Waals surface area contributed by atoms with Crippen LogP contribution in [-0.4, -0.2) is 10.8 Å². The maximum Gasteiger partial charge on any atom is 0.188 e. The van der Waals surface area contributed by atoms with E-state index in [-0.39, 0.29) is 5.78 Å². The highest BCUT2D eigenvalue weighted by Gasteiger charge is 2.12. The molecule has 0 fully saturated rings. The molecule has 2 heteroatoms. The van der Waals surface area contributed by atoms with E-state index in [4.69, 9.17) is 0 Å². The lowest BCUT2D eigenvalue weighted by Gasteiger charge is -1.91. The van der Waals surface area contributed by atoms with Gasteiger partial charge in [-0.3, -0.25) is 9.78 Å². The Hall–Kier alpha value is -1.44. The van der Waals surface area contributed by atoms with Gasteiger partial charge in [0.2, 0.25) is 0 Å². The van der Waals surface area contributed by atoms with Crippen LogP contribution in [0.1, 0.15) is 16.1 Å². The maximum atomic E-state index is 10.9. The topological polar surface area (TPSA) is 30.0 Å². The number of fused-ring (bicyclic) bond motifs is 1. The van der Waals surface area contributed by atoms with Gasteiger partial charge in [0.1, 0.15) is 0 Å². The Morgan fingerprint density at radius 2 is 2.20 bits per heavy atom. The van der Waals surface area contributed by atoms with Crippen LogP contribution < -0.4 is 0 Å². The molecule has 0 atom stereocenters. The van der Waals surface area contributed by atoms with Crippen LogP contribution >= 0.6 is 0 Å². The maximum absolute atomic E-state index is 10.9. The summed E-state index contributed by atoms with van der Waals surface area (Å²) in [7, 11) is 0. The first-order valence-electron chi connectivity index (χ1n) is 3.05. The van der Waals surface area contributed by atoms with Crippen molar-refractivity contribution >= 4 is 11.9 Å². The van der Waals surface area contributed by atoms with E-state index in [1.807, 2.05) is 0 Å². The molecule has 0 spiro atoms. The first-order valence-corrected chi connectivity index (χ1v) is 3.05. The summed E-state index contributed by atoms with van der Waals surface area (Å²) < 4.78 is 0. The molecule has 0 aliphatic heterocycles. The van der Waals surface area contributed by atoms with Gasteiger partial charge in [-0.15, -0.1) is 0 Å². The number of ketones is 1.